The van der Waals surface area contributed by atoms with Gasteiger partial charge < -0.3 is 9.32 Å². The summed E-state index contributed by atoms with van der Waals surface area (Å²) in [6.07, 6.45) is 2.01. The Balaban J connectivity index is 1.53. The van der Waals surface area contributed by atoms with Crippen molar-refractivity contribution in [3.63, 3.8) is 0 Å². The van der Waals surface area contributed by atoms with Gasteiger partial charge in [0.25, 0.3) is 11.8 Å². The third kappa shape index (κ3) is 4.97. The Labute approximate surface area is 203 Å². The molecular formula is C27H23N5O3. The summed E-state index contributed by atoms with van der Waals surface area (Å²) in [5, 5.41) is 22.3. The lowest BCUT2D eigenvalue weighted by atomic mass is 9.93. The number of hydrogen-bond donors (Lipinski definition) is 1. The number of hydrazone groups is 1. The predicted molar refractivity (Wildman–Crippen MR) is 129 cm³/mol. The van der Waals surface area contributed by atoms with Crippen LogP contribution in [0.15, 0.2) is 64.1 Å². The molecule has 0 saturated heterocycles. The van der Waals surface area contributed by atoms with Crippen molar-refractivity contribution in [2.75, 3.05) is 13.1 Å². The zero-order chi connectivity index (χ0) is 24.8. The molecule has 2 aromatic carbocycles. The number of nitrogens with one attached hydrogen (secondary N) is 1. The van der Waals surface area contributed by atoms with Gasteiger partial charge >= 0.3 is 0 Å². The standard InChI is InChI=1S/C27H23N5O3/c1-18-24-22(8-5-9-23(24)35-25(18)27(34)32(16-14-28)17-15-29)30-31-26(33)21-12-10-20(11-13-21)19-6-3-2-4-7-19/h2-4,6-7,10-13H,5,8-9,16-17H2,1H3,(H,31,33)/b30-22+. The molecule has 1 heterocycles. The second-order valence-electron chi connectivity index (χ2n) is 8.13. The number of rotatable bonds is 6. The molecule has 1 aliphatic carbocycles. The van der Waals surface area contributed by atoms with Crippen LogP contribution >= 0.6 is 0 Å². The van der Waals surface area contributed by atoms with Crippen LogP contribution in [-0.2, 0) is 6.42 Å². The Hall–Kier alpha value is -4.69. The fraction of sp³-hybridized carbons (Fsp3) is 0.222. The zero-order valence-corrected chi connectivity index (χ0v) is 19.2. The van der Waals surface area contributed by atoms with E-state index in [0.29, 0.717) is 41.0 Å². The van der Waals surface area contributed by atoms with Crippen molar-refractivity contribution in [3.05, 3.63) is 82.8 Å². The molecule has 8 heteroatoms. The molecule has 1 aliphatic rings. The molecule has 1 aromatic heterocycles. The van der Waals surface area contributed by atoms with E-state index in [-0.39, 0.29) is 24.8 Å². The van der Waals surface area contributed by atoms with Gasteiger partial charge in [-0.1, -0.05) is 42.5 Å². The number of nitriles is 2. The summed E-state index contributed by atoms with van der Waals surface area (Å²) in [5.74, 6) is -0.137. The van der Waals surface area contributed by atoms with Crippen molar-refractivity contribution in [3.8, 4) is 23.3 Å². The van der Waals surface area contributed by atoms with E-state index in [1.54, 1.807) is 19.1 Å². The summed E-state index contributed by atoms with van der Waals surface area (Å²) < 4.78 is 5.85. The number of fused-ring (bicyclic) bond motifs is 1. The van der Waals surface area contributed by atoms with Gasteiger partial charge in [-0.3, -0.25) is 9.59 Å². The maximum atomic E-state index is 12.9. The highest BCUT2D eigenvalue weighted by Crippen LogP contribution is 2.30. The molecule has 1 N–H and O–H groups in total. The minimum atomic E-state index is -0.512. The topological polar surface area (TPSA) is 122 Å². The molecule has 0 spiro atoms. The highest BCUT2D eigenvalue weighted by atomic mass is 16.4. The summed E-state index contributed by atoms with van der Waals surface area (Å²) in [6, 6.07) is 21.0. The Kier molecular flexibility index (Phi) is 7.04. The van der Waals surface area contributed by atoms with Crippen LogP contribution in [0.1, 0.15) is 50.6 Å². The van der Waals surface area contributed by atoms with Crippen molar-refractivity contribution in [1.82, 2.24) is 10.3 Å². The zero-order valence-electron chi connectivity index (χ0n) is 19.2. The van der Waals surface area contributed by atoms with E-state index in [9.17, 15) is 9.59 Å². The van der Waals surface area contributed by atoms with Gasteiger partial charge in [0.2, 0.25) is 0 Å². The van der Waals surface area contributed by atoms with Crippen molar-refractivity contribution < 1.29 is 14.0 Å². The SMILES string of the molecule is Cc1c(C(=O)N(CC#N)CC#N)oc2c1/C(=N/NC(=O)c1ccc(-c3ccccc3)cc1)CCC2. The van der Waals surface area contributed by atoms with E-state index in [1.807, 2.05) is 54.6 Å². The third-order valence-corrected chi connectivity index (χ3v) is 5.88. The minimum Gasteiger partial charge on any atom is -0.455 e. The number of carbonyl (C=O) groups is 2. The van der Waals surface area contributed by atoms with E-state index in [2.05, 4.69) is 10.5 Å². The molecule has 4 rings (SSSR count). The monoisotopic (exact) mass is 465 g/mol. The van der Waals surface area contributed by atoms with E-state index < -0.39 is 5.91 Å². The molecule has 0 atom stereocenters. The van der Waals surface area contributed by atoms with Gasteiger partial charge in [0, 0.05) is 23.1 Å². The number of amides is 2. The highest BCUT2D eigenvalue weighted by Gasteiger charge is 2.30. The van der Waals surface area contributed by atoms with E-state index in [4.69, 9.17) is 14.9 Å². The Bertz CT molecular complexity index is 1340. The molecule has 0 aliphatic heterocycles. The number of furan rings is 1. The molecule has 0 saturated carbocycles. The average Bonchev–Trinajstić information content (AvgIpc) is 3.24. The van der Waals surface area contributed by atoms with Crippen LogP contribution in [0.3, 0.4) is 0 Å². The average molecular weight is 466 g/mol. The van der Waals surface area contributed by atoms with Crippen molar-refractivity contribution in [2.24, 2.45) is 5.10 Å². The normalized spacial score (nSPS) is 13.4. The van der Waals surface area contributed by atoms with Crippen LogP contribution in [0.25, 0.3) is 11.1 Å². The Morgan fingerprint density at radius 2 is 1.66 bits per heavy atom. The first-order valence-electron chi connectivity index (χ1n) is 11.2. The van der Waals surface area contributed by atoms with Crippen LogP contribution in [0, 0.1) is 29.6 Å². The first kappa shape index (κ1) is 23.5. The number of nitrogens with zero attached hydrogens (tertiary/aromatic N) is 4. The largest absolute Gasteiger partial charge is 0.455 e. The van der Waals surface area contributed by atoms with E-state index in [1.165, 1.54) is 0 Å². The predicted octanol–water partition coefficient (Wildman–Crippen LogP) is 4.21. The van der Waals surface area contributed by atoms with Gasteiger partial charge in [0.05, 0.1) is 17.9 Å². The quantitative estimate of drug-likeness (QED) is 0.431. The molecule has 174 valence electrons. The first-order chi connectivity index (χ1) is 17.0. The maximum Gasteiger partial charge on any atom is 0.291 e. The van der Waals surface area contributed by atoms with Gasteiger partial charge in [-0.05, 0) is 43.0 Å². The van der Waals surface area contributed by atoms with E-state index in [0.717, 1.165) is 22.4 Å². The lowest BCUT2D eigenvalue weighted by molar-refractivity contribution is 0.0760. The van der Waals surface area contributed by atoms with Crippen LogP contribution in [-0.4, -0.2) is 35.5 Å². The van der Waals surface area contributed by atoms with Crippen LogP contribution in [0.2, 0.25) is 0 Å². The van der Waals surface area contributed by atoms with Crippen molar-refractivity contribution in [2.45, 2.75) is 26.2 Å². The minimum absolute atomic E-state index is 0.0953. The fourth-order valence-corrected chi connectivity index (χ4v) is 4.13. The molecular weight excluding hydrogens is 442 g/mol. The molecule has 2 amide bonds. The van der Waals surface area contributed by atoms with Crippen molar-refractivity contribution in [1.29, 1.82) is 10.5 Å². The van der Waals surface area contributed by atoms with Gasteiger partial charge in [0.1, 0.15) is 18.8 Å². The summed E-state index contributed by atoms with van der Waals surface area (Å²) in [4.78, 5) is 26.7. The van der Waals surface area contributed by atoms with Gasteiger partial charge in [-0.2, -0.15) is 15.6 Å². The smallest absolute Gasteiger partial charge is 0.291 e. The summed E-state index contributed by atoms with van der Waals surface area (Å²) >= 11 is 0. The molecule has 0 bridgehead atoms. The number of benzene rings is 2. The van der Waals surface area contributed by atoms with Gasteiger partial charge in [0.15, 0.2) is 5.76 Å². The van der Waals surface area contributed by atoms with Crippen LogP contribution < -0.4 is 5.43 Å². The number of carbonyl (C=O) groups excluding carboxylic acids is 2. The maximum absolute atomic E-state index is 12.9. The van der Waals surface area contributed by atoms with Crippen LogP contribution in [0.4, 0.5) is 0 Å². The molecule has 3 aromatic rings. The lowest BCUT2D eigenvalue weighted by Gasteiger charge is -2.14. The molecule has 0 unspecified atom stereocenters. The van der Waals surface area contributed by atoms with Gasteiger partial charge in [-0.15, -0.1) is 0 Å². The molecule has 8 nitrogen and oxygen atoms in total. The van der Waals surface area contributed by atoms with Crippen molar-refractivity contribution >= 4 is 17.5 Å². The van der Waals surface area contributed by atoms with E-state index >= 15 is 0 Å². The lowest BCUT2D eigenvalue weighted by Crippen LogP contribution is -2.32. The summed E-state index contributed by atoms with van der Waals surface area (Å²) in [5.41, 5.74) is 7.11. The number of aryl methyl sites for hydroxylation is 1. The second-order valence-corrected chi connectivity index (χ2v) is 8.13. The first-order valence-corrected chi connectivity index (χ1v) is 11.2. The summed E-state index contributed by atoms with van der Waals surface area (Å²) in [7, 11) is 0. The second kappa shape index (κ2) is 10.5. The molecule has 0 fully saturated rings. The Morgan fingerprint density at radius 1 is 1.00 bits per heavy atom. The number of hydrogen-bond acceptors (Lipinski definition) is 6. The summed E-state index contributed by atoms with van der Waals surface area (Å²) in [6.45, 7) is 1.33. The highest BCUT2D eigenvalue weighted by molar-refractivity contribution is 6.07. The third-order valence-electron chi connectivity index (χ3n) is 5.88. The van der Waals surface area contributed by atoms with Crippen LogP contribution in [0.5, 0.6) is 0 Å². The van der Waals surface area contributed by atoms with Gasteiger partial charge in [-0.25, -0.2) is 5.43 Å². The molecule has 35 heavy (non-hydrogen) atoms. The Morgan fingerprint density at radius 3 is 2.31 bits per heavy atom. The fourth-order valence-electron chi connectivity index (χ4n) is 4.13. The molecule has 0 radical (unpaired) electrons.